The molecule has 0 spiro atoms. The Hall–Kier alpha value is -2.19. The standard InChI is InChI=1S/C15H17ClN4O3S/c1-4-23-13(21)11-12(19-15(24-3)20(11)2)18-14(22)17-10-7-5-9(16)6-8-10/h5-8H,4H2,1-3H3,(H2,17,18,22). The molecule has 9 heteroatoms. The molecular formula is C15H17ClN4O3S. The van der Waals surface area contributed by atoms with Gasteiger partial charge in [-0.2, -0.15) is 0 Å². The third-order valence-corrected chi connectivity index (χ3v) is 4.02. The molecule has 0 unspecified atom stereocenters. The van der Waals surface area contributed by atoms with Crippen molar-refractivity contribution in [1.82, 2.24) is 9.55 Å². The van der Waals surface area contributed by atoms with E-state index in [2.05, 4.69) is 15.6 Å². The smallest absolute Gasteiger partial charge is 0.358 e. The van der Waals surface area contributed by atoms with Crippen molar-refractivity contribution >= 4 is 46.9 Å². The van der Waals surface area contributed by atoms with Gasteiger partial charge in [0.05, 0.1) is 6.61 Å². The molecule has 1 aromatic heterocycles. The molecule has 2 N–H and O–H groups in total. The zero-order valence-corrected chi connectivity index (χ0v) is 15.0. The third kappa shape index (κ3) is 4.21. The SMILES string of the molecule is CCOC(=O)c1c(NC(=O)Nc2ccc(Cl)cc2)nc(SC)n1C. The summed E-state index contributed by atoms with van der Waals surface area (Å²) in [6.07, 6.45) is 1.83. The van der Waals surface area contributed by atoms with Gasteiger partial charge in [0.2, 0.25) is 0 Å². The van der Waals surface area contributed by atoms with Gasteiger partial charge in [-0.05, 0) is 37.4 Å². The van der Waals surface area contributed by atoms with E-state index in [-0.39, 0.29) is 18.1 Å². The molecule has 0 radical (unpaired) electrons. The van der Waals surface area contributed by atoms with Gasteiger partial charge in [-0.1, -0.05) is 23.4 Å². The number of aromatic nitrogens is 2. The summed E-state index contributed by atoms with van der Waals surface area (Å²) in [4.78, 5) is 28.5. The Morgan fingerprint density at radius 3 is 2.54 bits per heavy atom. The molecule has 24 heavy (non-hydrogen) atoms. The summed E-state index contributed by atoms with van der Waals surface area (Å²) in [6, 6.07) is 6.13. The molecule has 0 saturated heterocycles. The maximum absolute atomic E-state index is 12.1. The molecule has 0 fully saturated rings. The predicted molar refractivity (Wildman–Crippen MR) is 95.0 cm³/mol. The first kappa shape index (κ1) is 18.2. The van der Waals surface area contributed by atoms with Crippen LogP contribution < -0.4 is 10.6 Å². The van der Waals surface area contributed by atoms with Crippen molar-refractivity contribution in [3.05, 3.63) is 35.0 Å². The van der Waals surface area contributed by atoms with E-state index in [0.29, 0.717) is 15.9 Å². The monoisotopic (exact) mass is 368 g/mol. The van der Waals surface area contributed by atoms with Crippen LogP contribution in [0.3, 0.4) is 0 Å². The minimum absolute atomic E-state index is 0.145. The second-order valence-electron chi connectivity index (χ2n) is 4.66. The first-order chi connectivity index (χ1) is 11.5. The van der Waals surface area contributed by atoms with E-state index < -0.39 is 12.0 Å². The van der Waals surface area contributed by atoms with Crippen molar-refractivity contribution < 1.29 is 14.3 Å². The fraction of sp³-hybridized carbons (Fsp3) is 0.267. The molecule has 0 aliphatic heterocycles. The van der Waals surface area contributed by atoms with Crippen molar-refractivity contribution in [2.24, 2.45) is 7.05 Å². The highest BCUT2D eigenvalue weighted by Crippen LogP contribution is 2.23. The van der Waals surface area contributed by atoms with E-state index in [4.69, 9.17) is 16.3 Å². The number of hydrogen-bond acceptors (Lipinski definition) is 5. The van der Waals surface area contributed by atoms with Crippen molar-refractivity contribution in [3.8, 4) is 0 Å². The molecule has 1 aromatic carbocycles. The van der Waals surface area contributed by atoms with E-state index in [0.717, 1.165) is 0 Å². The number of anilines is 2. The van der Waals surface area contributed by atoms with Crippen LogP contribution in [0.1, 0.15) is 17.4 Å². The number of thioether (sulfide) groups is 1. The highest BCUT2D eigenvalue weighted by Gasteiger charge is 2.23. The van der Waals surface area contributed by atoms with Crippen molar-refractivity contribution in [1.29, 1.82) is 0 Å². The lowest BCUT2D eigenvalue weighted by molar-refractivity contribution is 0.0515. The van der Waals surface area contributed by atoms with Gasteiger partial charge in [-0.15, -0.1) is 0 Å². The highest BCUT2D eigenvalue weighted by atomic mass is 35.5. The number of nitrogens with zero attached hydrogens (tertiary/aromatic N) is 2. The quantitative estimate of drug-likeness (QED) is 0.622. The molecule has 0 aliphatic rings. The number of nitrogens with one attached hydrogen (secondary N) is 2. The second-order valence-corrected chi connectivity index (χ2v) is 5.87. The van der Waals surface area contributed by atoms with E-state index in [9.17, 15) is 9.59 Å². The maximum Gasteiger partial charge on any atom is 0.358 e. The summed E-state index contributed by atoms with van der Waals surface area (Å²) in [5.41, 5.74) is 0.753. The predicted octanol–water partition coefficient (Wildman–Crippen LogP) is 3.62. The first-order valence-corrected chi connectivity index (χ1v) is 8.68. The summed E-state index contributed by atoms with van der Waals surface area (Å²) in [7, 11) is 1.69. The van der Waals surface area contributed by atoms with Crippen LogP contribution in [-0.2, 0) is 11.8 Å². The summed E-state index contributed by atoms with van der Waals surface area (Å²) >= 11 is 7.16. The lowest BCUT2D eigenvalue weighted by Crippen LogP contribution is -2.22. The number of halogens is 1. The molecule has 128 valence electrons. The average molecular weight is 369 g/mol. The number of benzene rings is 1. The lowest BCUT2D eigenvalue weighted by Gasteiger charge is -2.08. The molecule has 1 heterocycles. The van der Waals surface area contributed by atoms with Gasteiger partial charge in [0.15, 0.2) is 16.7 Å². The Balaban J connectivity index is 2.20. The fourth-order valence-electron chi connectivity index (χ4n) is 1.98. The Morgan fingerprint density at radius 2 is 1.96 bits per heavy atom. The molecule has 7 nitrogen and oxygen atoms in total. The zero-order valence-electron chi connectivity index (χ0n) is 13.4. The van der Waals surface area contributed by atoms with Crippen LogP contribution >= 0.6 is 23.4 Å². The Kier molecular flexibility index (Phi) is 6.10. The number of amides is 2. The van der Waals surface area contributed by atoms with Crippen LogP contribution in [0.2, 0.25) is 5.02 Å². The van der Waals surface area contributed by atoms with Gasteiger partial charge in [0.25, 0.3) is 0 Å². The first-order valence-electron chi connectivity index (χ1n) is 7.07. The zero-order chi connectivity index (χ0) is 17.7. The number of imidazole rings is 1. The van der Waals surface area contributed by atoms with Gasteiger partial charge in [0.1, 0.15) is 0 Å². The third-order valence-electron chi connectivity index (χ3n) is 3.04. The summed E-state index contributed by atoms with van der Waals surface area (Å²) in [6.45, 7) is 1.94. The van der Waals surface area contributed by atoms with Gasteiger partial charge in [0, 0.05) is 17.8 Å². The number of carbonyl (C=O) groups is 2. The van der Waals surface area contributed by atoms with Crippen LogP contribution in [0.25, 0.3) is 0 Å². The topological polar surface area (TPSA) is 85.2 Å². The summed E-state index contributed by atoms with van der Waals surface area (Å²) in [5, 5.41) is 6.38. The molecule has 0 saturated carbocycles. The second kappa shape index (κ2) is 8.07. The lowest BCUT2D eigenvalue weighted by atomic mass is 10.3. The number of rotatable bonds is 5. The molecule has 2 aromatic rings. The molecule has 0 bridgehead atoms. The molecule has 2 amide bonds. The van der Waals surface area contributed by atoms with Gasteiger partial charge in [-0.25, -0.2) is 14.6 Å². The number of urea groups is 1. The highest BCUT2D eigenvalue weighted by molar-refractivity contribution is 7.98. The average Bonchev–Trinajstić information content (AvgIpc) is 2.85. The summed E-state index contributed by atoms with van der Waals surface area (Å²) < 4.78 is 6.61. The number of carbonyl (C=O) groups excluding carboxylic acids is 2. The van der Waals surface area contributed by atoms with E-state index in [1.807, 2.05) is 6.26 Å². The van der Waals surface area contributed by atoms with Crippen molar-refractivity contribution in [2.75, 3.05) is 23.5 Å². The van der Waals surface area contributed by atoms with Gasteiger partial charge in [-0.3, -0.25) is 5.32 Å². The van der Waals surface area contributed by atoms with Crippen LogP contribution in [0.15, 0.2) is 29.4 Å². The number of esters is 1. The fourth-order valence-corrected chi connectivity index (χ4v) is 2.66. The molecule has 0 atom stereocenters. The van der Waals surface area contributed by atoms with E-state index >= 15 is 0 Å². The minimum Gasteiger partial charge on any atom is -0.461 e. The van der Waals surface area contributed by atoms with Crippen molar-refractivity contribution in [2.45, 2.75) is 12.1 Å². The van der Waals surface area contributed by atoms with Crippen LogP contribution in [0, 0.1) is 0 Å². The normalized spacial score (nSPS) is 10.3. The van der Waals surface area contributed by atoms with E-state index in [1.54, 1.807) is 42.8 Å². The van der Waals surface area contributed by atoms with Crippen molar-refractivity contribution in [3.63, 3.8) is 0 Å². The Morgan fingerprint density at radius 1 is 1.29 bits per heavy atom. The number of ether oxygens (including phenoxy) is 1. The van der Waals surface area contributed by atoms with E-state index in [1.165, 1.54) is 11.8 Å². The maximum atomic E-state index is 12.1. The van der Waals surface area contributed by atoms with Crippen LogP contribution in [0.5, 0.6) is 0 Å². The Bertz CT molecular complexity index is 746. The Labute approximate surface area is 148 Å². The van der Waals surface area contributed by atoms with Crippen LogP contribution in [0.4, 0.5) is 16.3 Å². The molecular weight excluding hydrogens is 352 g/mol. The number of hydrogen-bond donors (Lipinski definition) is 2. The van der Waals surface area contributed by atoms with Gasteiger partial charge < -0.3 is 14.6 Å². The van der Waals surface area contributed by atoms with Gasteiger partial charge >= 0.3 is 12.0 Å². The molecule has 0 aliphatic carbocycles. The largest absolute Gasteiger partial charge is 0.461 e. The van der Waals surface area contributed by atoms with Crippen LogP contribution in [-0.4, -0.2) is 34.4 Å². The minimum atomic E-state index is -0.547. The summed E-state index contributed by atoms with van der Waals surface area (Å²) in [5.74, 6) is -0.402. The molecule has 2 rings (SSSR count).